The Hall–Kier alpha value is -0.730. The van der Waals surface area contributed by atoms with Gasteiger partial charge in [0.15, 0.2) is 0 Å². The van der Waals surface area contributed by atoms with E-state index < -0.39 is 0 Å². The number of hydrogen-bond acceptors (Lipinski definition) is 2. The first kappa shape index (κ1) is 13.3. The van der Waals surface area contributed by atoms with Crippen LogP contribution in [-0.2, 0) is 12.8 Å². The van der Waals surface area contributed by atoms with Crippen molar-refractivity contribution in [2.75, 3.05) is 13.2 Å². The van der Waals surface area contributed by atoms with Crippen LogP contribution in [-0.4, -0.2) is 13.2 Å². The molecule has 0 aromatic heterocycles. The molecule has 2 unspecified atom stereocenters. The molecule has 3 rings (SSSR count). The van der Waals surface area contributed by atoms with E-state index in [1.807, 2.05) is 0 Å². The van der Waals surface area contributed by atoms with Crippen LogP contribution in [0, 0.1) is 11.8 Å². The summed E-state index contributed by atoms with van der Waals surface area (Å²) in [5.74, 6) is 2.47. The Kier molecular flexibility index (Phi) is 3.99. The molecule has 1 fully saturated rings. The molecular weight excluding hydrogens is 258 g/mol. The molecule has 104 valence electrons. The average molecular weight is 280 g/mol. The molecule has 19 heavy (non-hydrogen) atoms. The Labute approximate surface area is 120 Å². The molecule has 2 N–H and O–H groups in total. The smallest absolute Gasteiger partial charge is 0.125 e. The second-order valence-electron chi connectivity index (χ2n) is 5.90. The Morgan fingerprint density at radius 3 is 2.79 bits per heavy atom. The summed E-state index contributed by atoms with van der Waals surface area (Å²) in [6.07, 6.45) is 7.32. The van der Waals surface area contributed by atoms with Gasteiger partial charge in [-0.1, -0.05) is 24.4 Å². The zero-order valence-electron chi connectivity index (χ0n) is 11.3. The first-order chi connectivity index (χ1) is 9.28. The maximum atomic E-state index is 6.24. The maximum absolute atomic E-state index is 6.24. The molecule has 1 aliphatic heterocycles. The van der Waals surface area contributed by atoms with Crippen molar-refractivity contribution in [1.82, 2.24) is 0 Å². The predicted octanol–water partition coefficient (Wildman–Crippen LogP) is 3.58. The highest BCUT2D eigenvalue weighted by atomic mass is 35.5. The quantitative estimate of drug-likeness (QED) is 0.918. The lowest BCUT2D eigenvalue weighted by atomic mass is 9.76. The summed E-state index contributed by atoms with van der Waals surface area (Å²) < 4.78 is 5.81. The number of ether oxygens (including phenoxy) is 1. The van der Waals surface area contributed by atoms with E-state index in [4.69, 9.17) is 22.1 Å². The first-order valence-corrected chi connectivity index (χ1v) is 7.80. The highest BCUT2D eigenvalue weighted by molar-refractivity contribution is 6.30. The lowest BCUT2D eigenvalue weighted by Gasteiger charge is -2.31. The fourth-order valence-corrected chi connectivity index (χ4v) is 3.91. The van der Waals surface area contributed by atoms with Gasteiger partial charge >= 0.3 is 0 Å². The van der Waals surface area contributed by atoms with E-state index in [0.717, 1.165) is 36.8 Å². The van der Waals surface area contributed by atoms with Gasteiger partial charge in [0.1, 0.15) is 5.75 Å². The van der Waals surface area contributed by atoms with Gasteiger partial charge in [-0.2, -0.15) is 0 Å². The minimum atomic E-state index is 0.671. The molecule has 1 aromatic rings. The lowest BCUT2D eigenvalue weighted by molar-refractivity contribution is 0.239. The van der Waals surface area contributed by atoms with Crippen molar-refractivity contribution < 1.29 is 4.74 Å². The van der Waals surface area contributed by atoms with E-state index in [0.29, 0.717) is 11.8 Å². The van der Waals surface area contributed by atoms with Crippen molar-refractivity contribution in [2.45, 2.75) is 38.5 Å². The Morgan fingerprint density at radius 1 is 1.21 bits per heavy atom. The number of halogens is 1. The van der Waals surface area contributed by atoms with Crippen LogP contribution in [0.2, 0.25) is 5.02 Å². The Morgan fingerprint density at radius 2 is 2.00 bits per heavy atom. The lowest BCUT2D eigenvalue weighted by Crippen LogP contribution is -2.28. The standard InChI is InChI=1S/C16H22ClNO/c17-15-8-12-5-6-19-16(12)14(9-15)7-11-3-1-2-4-13(11)10-18/h8-9,11,13H,1-7,10,18H2. The van der Waals surface area contributed by atoms with E-state index in [1.165, 1.54) is 36.8 Å². The van der Waals surface area contributed by atoms with Gasteiger partial charge in [0, 0.05) is 11.4 Å². The summed E-state index contributed by atoms with van der Waals surface area (Å²) in [6, 6.07) is 4.14. The molecule has 1 aromatic carbocycles. The number of nitrogens with two attached hydrogens (primary N) is 1. The van der Waals surface area contributed by atoms with Crippen LogP contribution in [0.15, 0.2) is 12.1 Å². The monoisotopic (exact) mass is 279 g/mol. The van der Waals surface area contributed by atoms with Crippen molar-refractivity contribution in [3.8, 4) is 5.75 Å². The van der Waals surface area contributed by atoms with Gasteiger partial charge in [0.05, 0.1) is 6.61 Å². The van der Waals surface area contributed by atoms with Crippen molar-refractivity contribution in [1.29, 1.82) is 0 Å². The van der Waals surface area contributed by atoms with E-state index in [2.05, 4.69) is 12.1 Å². The molecule has 2 aliphatic rings. The van der Waals surface area contributed by atoms with Crippen LogP contribution in [0.4, 0.5) is 0 Å². The third-order valence-corrected chi connectivity index (χ3v) is 4.89. The number of hydrogen-bond donors (Lipinski definition) is 1. The highest BCUT2D eigenvalue weighted by Gasteiger charge is 2.26. The van der Waals surface area contributed by atoms with Crippen molar-refractivity contribution in [3.05, 3.63) is 28.3 Å². The van der Waals surface area contributed by atoms with Gasteiger partial charge in [-0.3, -0.25) is 0 Å². The molecule has 0 amide bonds. The zero-order chi connectivity index (χ0) is 13.2. The minimum Gasteiger partial charge on any atom is -0.493 e. The molecule has 1 saturated carbocycles. The van der Waals surface area contributed by atoms with Crippen molar-refractivity contribution >= 4 is 11.6 Å². The summed E-state index contributed by atoms with van der Waals surface area (Å²) >= 11 is 6.24. The third kappa shape index (κ3) is 2.75. The number of fused-ring (bicyclic) bond motifs is 1. The Bertz CT molecular complexity index is 460. The van der Waals surface area contributed by atoms with Crippen molar-refractivity contribution in [3.63, 3.8) is 0 Å². The molecule has 0 saturated heterocycles. The molecule has 2 nitrogen and oxygen atoms in total. The molecule has 2 atom stereocenters. The SMILES string of the molecule is NCC1CCCCC1Cc1cc(Cl)cc2c1OCC2. The summed E-state index contributed by atoms with van der Waals surface area (Å²) in [7, 11) is 0. The maximum Gasteiger partial charge on any atom is 0.125 e. The van der Waals surface area contributed by atoms with Crippen LogP contribution in [0.1, 0.15) is 36.8 Å². The molecule has 1 aliphatic carbocycles. The number of rotatable bonds is 3. The van der Waals surface area contributed by atoms with Crippen LogP contribution >= 0.6 is 11.6 Å². The fourth-order valence-electron chi connectivity index (χ4n) is 3.64. The minimum absolute atomic E-state index is 0.671. The Balaban J connectivity index is 1.82. The van der Waals surface area contributed by atoms with E-state index in [-0.39, 0.29) is 0 Å². The second kappa shape index (κ2) is 5.72. The van der Waals surface area contributed by atoms with E-state index >= 15 is 0 Å². The fraction of sp³-hybridized carbons (Fsp3) is 0.625. The summed E-state index contributed by atoms with van der Waals surface area (Å²) in [4.78, 5) is 0. The van der Waals surface area contributed by atoms with Crippen LogP contribution in [0.5, 0.6) is 5.75 Å². The van der Waals surface area contributed by atoms with Crippen LogP contribution in [0.3, 0.4) is 0 Å². The third-order valence-electron chi connectivity index (χ3n) is 4.68. The van der Waals surface area contributed by atoms with Gasteiger partial charge in [0.2, 0.25) is 0 Å². The van der Waals surface area contributed by atoms with Gasteiger partial charge in [-0.15, -0.1) is 0 Å². The summed E-state index contributed by atoms with van der Waals surface area (Å²) in [5, 5.41) is 0.847. The number of benzene rings is 1. The summed E-state index contributed by atoms with van der Waals surface area (Å²) in [6.45, 7) is 1.61. The highest BCUT2D eigenvalue weighted by Crippen LogP contribution is 2.38. The molecule has 3 heteroatoms. The molecular formula is C16H22ClNO. The second-order valence-corrected chi connectivity index (χ2v) is 6.33. The van der Waals surface area contributed by atoms with E-state index in [9.17, 15) is 0 Å². The normalized spacial score (nSPS) is 26.0. The van der Waals surface area contributed by atoms with E-state index in [1.54, 1.807) is 0 Å². The molecule has 0 spiro atoms. The van der Waals surface area contributed by atoms with Gasteiger partial charge in [0.25, 0.3) is 0 Å². The van der Waals surface area contributed by atoms with Gasteiger partial charge < -0.3 is 10.5 Å². The van der Waals surface area contributed by atoms with Crippen molar-refractivity contribution in [2.24, 2.45) is 17.6 Å². The largest absolute Gasteiger partial charge is 0.493 e. The topological polar surface area (TPSA) is 35.2 Å². The predicted molar refractivity (Wildman–Crippen MR) is 78.9 cm³/mol. The van der Waals surface area contributed by atoms with Gasteiger partial charge in [-0.25, -0.2) is 0 Å². The van der Waals surface area contributed by atoms with Crippen LogP contribution in [0.25, 0.3) is 0 Å². The molecule has 0 bridgehead atoms. The molecule has 0 radical (unpaired) electrons. The average Bonchev–Trinajstić information content (AvgIpc) is 2.87. The summed E-state index contributed by atoms with van der Waals surface area (Å²) in [5.41, 5.74) is 8.51. The zero-order valence-corrected chi connectivity index (χ0v) is 12.1. The molecule has 1 heterocycles. The van der Waals surface area contributed by atoms with Gasteiger partial charge in [-0.05, 0) is 60.9 Å². The first-order valence-electron chi connectivity index (χ1n) is 7.42. The van der Waals surface area contributed by atoms with Crippen LogP contribution < -0.4 is 10.5 Å².